The number of nitrogens with zero attached hydrogens (tertiary/aromatic N) is 1. The molecule has 0 aromatic heterocycles. The van der Waals surface area contributed by atoms with Gasteiger partial charge in [0.1, 0.15) is 22.9 Å². The predicted molar refractivity (Wildman–Crippen MR) is 173 cm³/mol. The minimum atomic E-state index is -0.436. The molecule has 3 aromatic rings. The molecule has 1 amide bonds. The van der Waals surface area contributed by atoms with Crippen molar-refractivity contribution in [2.24, 2.45) is 4.99 Å². The van der Waals surface area contributed by atoms with Crippen molar-refractivity contribution in [1.29, 1.82) is 0 Å². The topological polar surface area (TPSA) is 122 Å². The molecule has 45 heavy (non-hydrogen) atoms. The number of nitrogens with one attached hydrogen (secondary N) is 1. The van der Waals surface area contributed by atoms with Gasteiger partial charge in [0.25, 0.3) is 5.91 Å². The van der Waals surface area contributed by atoms with Crippen LogP contribution in [-0.2, 0) is 19.1 Å². The number of anilines is 1. The van der Waals surface area contributed by atoms with E-state index in [1.807, 2.05) is 24.3 Å². The van der Waals surface area contributed by atoms with Crippen LogP contribution in [0, 0.1) is 0 Å². The second-order valence-electron chi connectivity index (χ2n) is 9.55. The van der Waals surface area contributed by atoms with Gasteiger partial charge in [-0.2, -0.15) is 0 Å². The summed E-state index contributed by atoms with van der Waals surface area (Å²) in [6.45, 7) is 8.34. The third kappa shape index (κ3) is 12.4. The largest absolute Gasteiger partial charge is 0.494 e. The van der Waals surface area contributed by atoms with Crippen LogP contribution in [0.2, 0.25) is 0 Å². The zero-order chi connectivity index (χ0) is 32.3. The standard InChI is InChI=1S/C35H38N2O8/c1-4-33(38)44-22-8-6-20-42-29-15-10-26(11-16-29)25-36-31-19-14-28(24-32(31)41-3)37-35(40)27-12-17-30(18-13-27)43-21-7-9-23-45-34(39)5-2/h4-5,10-19,24-25H,1-2,6-9,20-23H2,3H3,(H,37,40)/b36-25+. The number of ether oxygens (including phenoxy) is 5. The van der Waals surface area contributed by atoms with Crippen LogP contribution in [0.3, 0.4) is 0 Å². The average Bonchev–Trinajstić information content (AvgIpc) is 3.07. The highest BCUT2D eigenvalue weighted by Crippen LogP contribution is 2.31. The Kier molecular flexibility index (Phi) is 14.4. The second-order valence-corrected chi connectivity index (χ2v) is 9.55. The summed E-state index contributed by atoms with van der Waals surface area (Å²) in [6, 6.07) is 19.6. The van der Waals surface area contributed by atoms with Gasteiger partial charge in [0.05, 0.1) is 33.5 Å². The highest BCUT2D eigenvalue weighted by atomic mass is 16.5. The molecule has 1 N–H and O–H groups in total. The Hall–Kier alpha value is -5.38. The first-order valence-corrected chi connectivity index (χ1v) is 14.5. The van der Waals surface area contributed by atoms with Crippen LogP contribution in [0.15, 0.2) is 97.0 Å². The SMILES string of the molecule is C=CC(=O)OCCCCOc1ccc(/C=N/c2ccc(NC(=O)c3ccc(OCCCCOC(=O)C=C)cc3)cc2OC)cc1. The normalized spacial score (nSPS) is 10.5. The molecule has 0 spiro atoms. The Balaban J connectivity index is 1.45. The maximum Gasteiger partial charge on any atom is 0.330 e. The van der Waals surface area contributed by atoms with E-state index in [4.69, 9.17) is 23.7 Å². The van der Waals surface area contributed by atoms with Gasteiger partial charge in [-0.25, -0.2) is 9.59 Å². The summed E-state index contributed by atoms with van der Waals surface area (Å²) in [5, 5.41) is 2.88. The molecule has 0 heterocycles. The zero-order valence-electron chi connectivity index (χ0n) is 25.4. The summed E-state index contributed by atoms with van der Waals surface area (Å²) in [5.41, 5.74) is 2.52. The minimum Gasteiger partial charge on any atom is -0.494 e. The number of amides is 1. The summed E-state index contributed by atoms with van der Waals surface area (Å²) >= 11 is 0. The molecule has 3 aromatic carbocycles. The summed E-state index contributed by atoms with van der Waals surface area (Å²) in [5.74, 6) is 0.744. The first-order valence-electron chi connectivity index (χ1n) is 14.5. The van der Waals surface area contributed by atoms with Crippen molar-refractivity contribution in [2.45, 2.75) is 25.7 Å². The highest BCUT2D eigenvalue weighted by molar-refractivity contribution is 6.04. The molecule has 0 atom stereocenters. The minimum absolute atomic E-state index is 0.276. The van der Waals surface area contributed by atoms with Crippen molar-refractivity contribution in [1.82, 2.24) is 0 Å². The van der Waals surface area contributed by atoms with E-state index in [2.05, 4.69) is 23.5 Å². The van der Waals surface area contributed by atoms with E-state index >= 15 is 0 Å². The van der Waals surface area contributed by atoms with E-state index in [1.54, 1.807) is 55.8 Å². The number of methoxy groups -OCH3 is 1. The number of benzene rings is 3. The molecule has 0 aliphatic rings. The van der Waals surface area contributed by atoms with E-state index < -0.39 is 11.9 Å². The number of carbonyl (C=O) groups excluding carboxylic acids is 3. The van der Waals surface area contributed by atoms with Crippen molar-refractivity contribution < 1.29 is 38.1 Å². The highest BCUT2D eigenvalue weighted by Gasteiger charge is 2.10. The molecule has 0 unspecified atom stereocenters. The summed E-state index contributed by atoms with van der Waals surface area (Å²) < 4.78 is 26.8. The quantitative estimate of drug-likeness (QED) is 0.0705. The van der Waals surface area contributed by atoms with Gasteiger partial charge < -0.3 is 29.0 Å². The number of unbranched alkanes of at least 4 members (excludes halogenated alkanes) is 2. The van der Waals surface area contributed by atoms with Crippen molar-refractivity contribution in [3.63, 3.8) is 0 Å². The van der Waals surface area contributed by atoms with Gasteiger partial charge >= 0.3 is 11.9 Å². The fourth-order valence-corrected chi connectivity index (χ4v) is 3.81. The van der Waals surface area contributed by atoms with Crippen LogP contribution in [0.1, 0.15) is 41.6 Å². The third-order valence-corrected chi connectivity index (χ3v) is 6.22. The molecule has 10 nitrogen and oxygen atoms in total. The lowest BCUT2D eigenvalue weighted by Gasteiger charge is -2.10. The Morgan fingerprint density at radius 2 is 1.27 bits per heavy atom. The van der Waals surface area contributed by atoms with Gasteiger partial charge in [0.15, 0.2) is 0 Å². The number of esters is 2. The van der Waals surface area contributed by atoms with Crippen LogP contribution < -0.4 is 19.5 Å². The van der Waals surface area contributed by atoms with E-state index in [0.29, 0.717) is 67.7 Å². The maximum absolute atomic E-state index is 12.8. The summed E-state index contributed by atoms with van der Waals surface area (Å²) in [6.07, 6.45) is 6.86. The van der Waals surface area contributed by atoms with Crippen LogP contribution in [0.5, 0.6) is 17.2 Å². The Bertz CT molecular complexity index is 1450. The summed E-state index contributed by atoms with van der Waals surface area (Å²) in [4.78, 5) is 39.4. The van der Waals surface area contributed by atoms with Gasteiger partial charge in [-0.3, -0.25) is 9.79 Å². The number of rotatable bonds is 19. The molecule has 0 aliphatic heterocycles. The van der Waals surface area contributed by atoms with Crippen LogP contribution in [-0.4, -0.2) is 57.6 Å². The lowest BCUT2D eigenvalue weighted by molar-refractivity contribution is -0.138. The van der Waals surface area contributed by atoms with E-state index in [9.17, 15) is 14.4 Å². The van der Waals surface area contributed by atoms with Gasteiger partial charge in [0.2, 0.25) is 0 Å². The predicted octanol–water partition coefficient (Wildman–Crippen LogP) is 6.47. The fraction of sp³-hybridized carbons (Fsp3) is 0.257. The fourth-order valence-electron chi connectivity index (χ4n) is 3.81. The molecular formula is C35H38N2O8. The number of hydrogen-bond acceptors (Lipinski definition) is 9. The molecule has 0 fully saturated rings. The zero-order valence-corrected chi connectivity index (χ0v) is 25.4. The molecule has 236 valence electrons. The molecule has 10 heteroatoms. The van der Waals surface area contributed by atoms with Crippen molar-refractivity contribution >= 4 is 35.4 Å². The van der Waals surface area contributed by atoms with Crippen LogP contribution in [0.4, 0.5) is 11.4 Å². The molecule has 0 aliphatic carbocycles. The van der Waals surface area contributed by atoms with E-state index in [-0.39, 0.29) is 5.91 Å². The number of aliphatic imine (C=N–C) groups is 1. The molecule has 0 saturated carbocycles. The van der Waals surface area contributed by atoms with Gasteiger partial charge in [-0.05, 0) is 91.9 Å². The molecule has 0 bridgehead atoms. The molecule has 3 rings (SSSR count). The van der Waals surface area contributed by atoms with Gasteiger partial charge in [0, 0.05) is 35.7 Å². The Morgan fingerprint density at radius 1 is 0.733 bits per heavy atom. The monoisotopic (exact) mass is 614 g/mol. The van der Waals surface area contributed by atoms with E-state index in [0.717, 1.165) is 36.3 Å². The first-order chi connectivity index (χ1) is 21.9. The molecule has 0 saturated heterocycles. The van der Waals surface area contributed by atoms with Crippen molar-refractivity contribution in [2.75, 3.05) is 38.9 Å². The summed E-state index contributed by atoms with van der Waals surface area (Å²) in [7, 11) is 1.54. The average molecular weight is 615 g/mol. The Labute approximate surface area is 263 Å². The Morgan fingerprint density at radius 3 is 1.80 bits per heavy atom. The van der Waals surface area contributed by atoms with Gasteiger partial charge in [-0.1, -0.05) is 13.2 Å². The smallest absolute Gasteiger partial charge is 0.330 e. The third-order valence-electron chi connectivity index (χ3n) is 6.22. The maximum atomic E-state index is 12.8. The van der Waals surface area contributed by atoms with E-state index in [1.165, 1.54) is 0 Å². The second kappa shape index (κ2) is 19.0. The number of carbonyl (C=O) groups is 3. The molecule has 0 radical (unpaired) electrons. The number of hydrogen-bond donors (Lipinski definition) is 1. The molecular weight excluding hydrogens is 576 g/mol. The first kappa shape index (κ1) is 34.1. The van der Waals surface area contributed by atoms with Gasteiger partial charge in [-0.15, -0.1) is 0 Å². The van der Waals surface area contributed by atoms with Crippen molar-refractivity contribution in [3.05, 3.63) is 103 Å². The van der Waals surface area contributed by atoms with Crippen LogP contribution >= 0.6 is 0 Å². The lowest BCUT2D eigenvalue weighted by Crippen LogP contribution is -2.11. The lowest BCUT2D eigenvalue weighted by atomic mass is 10.2. The van der Waals surface area contributed by atoms with Crippen molar-refractivity contribution in [3.8, 4) is 17.2 Å². The van der Waals surface area contributed by atoms with Crippen LogP contribution in [0.25, 0.3) is 0 Å².